The second kappa shape index (κ2) is 6.17. The van der Waals surface area contributed by atoms with E-state index < -0.39 is 0 Å². The highest BCUT2D eigenvalue weighted by Gasteiger charge is 2.38. The number of nitrogens with one attached hydrogen (secondary N) is 1. The first-order chi connectivity index (χ1) is 8.20. The molecule has 0 aromatic rings. The van der Waals surface area contributed by atoms with Gasteiger partial charge in [0, 0.05) is 31.8 Å². The molecule has 0 saturated carbocycles. The molecule has 0 radical (unpaired) electrons. The van der Waals surface area contributed by atoms with Crippen LogP contribution in [0, 0.1) is 5.92 Å². The van der Waals surface area contributed by atoms with Gasteiger partial charge in [0.2, 0.25) is 0 Å². The zero-order chi connectivity index (χ0) is 12.3. The van der Waals surface area contributed by atoms with E-state index in [1.54, 1.807) is 7.11 Å². The predicted molar refractivity (Wildman–Crippen MR) is 71.3 cm³/mol. The van der Waals surface area contributed by atoms with Crippen LogP contribution in [0.3, 0.4) is 0 Å². The molecule has 0 spiro atoms. The Hall–Kier alpha value is -0.120. The monoisotopic (exact) mass is 240 g/mol. The molecule has 3 heteroatoms. The van der Waals surface area contributed by atoms with Crippen LogP contribution in [0.1, 0.15) is 39.0 Å². The van der Waals surface area contributed by atoms with Crippen molar-refractivity contribution in [1.82, 2.24) is 10.2 Å². The lowest BCUT2D eigenvalue weighted by Crippen LogP contribution is -2.43. The van der Waals surface area contributed by atoms with Crippen molar-refractivity contribution >= 4 is 0 Å². The third kappa shape index (κ3) is 3.43. The lowest BCUT2D eigenvalue weighted by Gasteiger charge is -2.36. The molecule has 2 fully saturated rings. The van der Waals surface area contributed by atoms with Gasteiger partial charge in [-0.15, -0.1) is 0 Å². The molecule has 2 heterocycles. The Morgan fingerprint density at radius 2 is 1.94 bits per heavy atom. The Bertz CT molecular complexity index is 220. The van der Waals surface area contributed by atoms with Crippen molar-refractivity contribution < 1.29 is 4.74 Å². The van der Waals surface area contributed by atoms with Gasteiger partial charge < -0.3 is 15.0 Å². The Balaban J connectivity index is 1.67. The van der Waals surface area contributed by atoms with E-state index >= 15 is 0 Å². The summed E-state index contributed by atoms with van der Waals surface area (Å²) in [5.41, 5.74) is 0. The third-order valence-corrected chi connectivity index (χ3v) is 4.71. The summed E-state index contributed by atoms with van der Waals surface area (Å²) >= 11 is 0. The largest absolute Gasteiger partial charge is 0.385 e. The van der Waals surface area contributed by atoms with E-state index in [-0.39, 0.29) is 0 Å². The second-order valence-corrected chi connectivity index (χ2v) is 5.98. The summed E-state index contributed by atoms with van der Waals surface area (Å²) in [4.78, 5) is 2.62. The van der Waals surface area contributed by atoms with E-state index in [0.717, 1.165) is 31.0 Å². The minimum atomic E-state index is 0.590. The summed E-state index contributed by atoms with van der Waals surface area (Å²) in [6.45, 7) is 4.33. The molecule has 0 amide bonds. The Morgan fingerprint density at radius 3 is 2.53 bits per heavy atom. The average molecular weight is 240 g/mol. The van der Waals surface area contributed by atoms with Gasteiger partial charge in [-0.05, 0) is 58.5 Å². The summed E-state index contributed by atoms with van der Waals surface area (Å²) < 4.78 is 5.12. The van der Waals surface area contributed by atoms with Gasteiger partial charge in [0.15, 0.2) is 0 Å². The number of methoxy groups -OCH3 is 1. The van der Waals surface area contributed by atoms with E-state index in [1.807, 2.05) is 0 Å². The van der Waals surface area contributed by atoms with Crippen molar-refractivity contribution in [3.8, 4) is 0 Å². The summed E-state index contributed by atoms with van der Waals surface area (Å²) in [7, 11) is 4.09. The number of rotatable bonds is 6. The molecule has 3 unspecified atom stereocenters. The minimum absolute atomic E-state index is 0.590. The summed E-state index contributed by atoms with van der Waals surface area (Å²) in [6, 6.07) is 2.33. The molecule has 2 rings (SSSR count). The maximum absolute atomic E-state index is 5.12. The third-order valence-electron chi connectivity index (χ3n) is 4.71. The SMILES string of the molecule is COCCC(C)NCC1CC2CCC(C1)N2C. The Kier molecular flexibility index (Phi) is 4.83. The lowest BCUT2D eigenvalue weighted by atomic mass is 9.91. The van der Waals surface area contributed by atoms with Gasteiger partial charge in [0.25, 0.3) is 0 Å². The summed E-state index contributed by atoms with van der Waals surface area (Å²) in [5, 5.41) is 3.67. The average Bonchev–Trinajstić information content (AvgIpc) is 2.57. The van der Waals surface area contributed by atoms with Crippen LogP contribution in [-0.2, 0) is 4.74 Å². The topological polar surface area (TPSA) is 24.5 Å². The van der Waals surface area contributed by atoms with Crippen LogP contribution >= 0.6 is 0 Å². The highest BCUT2D eigenvalue weighted by molar-refractivity contribution is 4.93. The van der Waals surface area contributed by atoms with E-state index in [1.165, 1.54) is 32.2 Å². The number of hydrogen-bond donors (Lipinski definition) is 1. The van der Waals surface area contributed by atoms with Gasteiger partial charge in [0.1, 0.15) is 0 Å². The highest BCUT2D eigenvalue weighted by Crippen LogP contribution is 2.37. The number of piperidine rings is 1. The molecule has 0 aliphatic carbocycles. The first-order valence-electron chi connectivity index (χ1n) is 7.15. The second-order valence-electron chi connectivity index (χ2n) is 5.98. The van der Waals surface area contributed by atoms with Gasteiger partial charge in [0.05, 0.1) is 0 Å². The Morgan fingerprint density at radius 1 is 1.29 bits per heavy atom. The molecule has 2 aliphatic heterocycles. The van der Waals surface area contributed by atoms with Crippen molar-refractivity contribution in [2.75, 3.05) is 27.3 Å². The molecule has 3 atom stereocenters. The van der Waals surface area contributed by atoms with E-state index in [4.69, 9.17) is 4.74 Å². The number of nitrogens with zero attached hydrogens (tertiary/aromatic N) is 1. The van der Waals surface area contributed by atoms with Crippen LogP contribution in [-0.4, -0.2) is 50.3 Å². The first kappa shape index (κ1) is 13.3. The maximum atomic E-state index is 5.12. The number of ether oxygens (including phenoxy) is 1. The first-order valence-corrected chi connectivity index (χ1v) is 7.15. The van der Waals surface area contributed by atoms with Crippen molar-refractivity contribution in [2.45, 2.75) is 57.2 Å². The predicted octanol–water partition coefficient (Wildman–Crippen LogP) is 1.87. The molecule has 0 aromatic heterocycles. The Labute approximate surface area is 106 Å². The highest BCUT2D eigenvalue weighted by atomic mass is 16.5. The van der Waals surface area contributed by atoms with E-state index in [9.17, 15) is 0 Å². The van der Waals surface area contributed by atoms with Crippen molar-refractivity contribution in [3.63, 3.8) is 0 Å². The van der Waals surface area contributed by atoms with E-state index in [2.05, 4.69) is 24.2 Å². The normalized spacial score (nSPS) is 35.1. The summed E-state index contributed by atoms with van der Waals surface area (Å²) in [5.74, 6) is 0.897. The van der Waals surface area contributed by atoms with Gasteiger partial charge in [-0.2, -0.15) is 0 Å². The fourth-order valence-electron chi connectivity index (χ4n) is 3.46. The molecular formula is C14H28N2O. The molecular weight excluding hydrogens is 212 g/mol. The fourth-order valence-corrected chi connectivity index (χ4v) is 3.46. The molecule has 3 nitrogen and oxygen atoms in total. The van der Waals surface area contributed by atoms with Crippen LogP contribution in [0.25, 0.3) is 0 Å². The zero-order valence-electron chi connectivity index (χ0n) is 11.6. The van der Waals surface area contributed by atoms with Crippen LogP contribution in [0.4, 0.5) is 0 Å². The zero-order valence-corrected chi connectivity index (χ0v) is 11.6. The minimum Gasteiger partial charge on any atom is -0.385 e. The summed E-state index contributed by atoms with van der Waals surface area (Å²) in [6.07, 6.45) is 6.78. The maximum Gasteiger partial charge on any atom is 0.0476 e. The molecule has 2 saturated heterocycles. The van der Waals surface area contributed by atoms with Crippen molar-refractivity contribution in [2.24, 2.45) is 5.92 Å². The standard InChI is InChI=1S/C14H28N2O/c1-11(6-7-17-3)15-10-12-8-13-4-5-14(9-12)16(13)2/h11-15H,4-10H2,1-3H3. The van der Waals surface area contributed by atoms with Gasteiger partial charge in [-0.25, -0.2) is 0 Å². The lowest BCUT2D eigenvalue weighted by molar-refractivity contribution is 0.129. The quantitative estimate of drug-likeness (QED) is 0.767. The van der Waals surface area contributed by atoms with Gasteiger partial charge in [-0.1, -0.05) is 0 Å². The fraction of sp³-hybridized carbons (Fsp3) is 1.00. The molecule has 1 N–H and O–H groups in total. The smallest absolute Gasteiger partial charge is 0.0476 e. The van der Waals surface area contributed by atoms with Crippen molar-refractivity contribution in [1.29, 1.82) is 0 Å². The van der Waals surface area contributed by atoms with Crippen LogP contribution < -0.4 is 5.32 Å². The van der Waals surface area contributed by atoms with Gasteiger partial charge >= 0.3 is 0 Å². The molecule has 2 bridgehead atoms. The molecule has 0 aromatic carbocycles. The van der Waals surface area contributed by atoms with Crippen LogP contribution in [0.15, 0.2) is 0 Å². The molecule has 17 heavy (non-hydrogen) atoms. The number of fused-ring (bicyclic) bond motifs is 2. The number of hydrogen-bond acceptors (Lipinski definition) is 3. The molecule has 100 valence electrons. The van der Waals surface area contributed by atoms with E-state index in [0.29, 0.717) is 6.04 Å². The van der Waals surface area contributed by atoms with Gasteiger partial charge in [-0.3, -0.25) is 0 Å². The van der Waals surface area contributed by atoms with Crippen LogP contribution in [0.5, 0.6) is 0 Å². The molecule has 2 aliphatic rings. The van der Waals surface area contributed by atoms with Crippen LogP contribution in [0.2, 0.25) is 0 Å². The van der Waals surface area contributed by atoms with Crippen molar-refractivity contribution in [3.05, 3.63) is 0 Å².